The lowest BCUT2D eigenvalue weighted by atomic mass is 9.92. The van der Waals surface area contributed by atoms with Gasteiger partial charge in [0.25, 0.3) is 5.69 Å². The Kier molecular flexibility index (Phi) is 4.19. The van der Waals surface area contributed by atoms with Gasteiger partial charge in [-0.15, -0.1) is 0 Å². The number of nitro groups is 1. The summed E-state index contributed by atoms with van der Waals surface area (Å²) >= 11 is 0. The molecular weight excluding hydrogens is 262 g/mol. The molecule has 1 fully saturated rings. The second kappa shape index (κ2) is 5.87. The van der Waals surface area contributed by atoms with E-state index in [2.05, 4.69) is 10.6 Å². The number of hydrogen-bond acceptors (Lipinski definition) is 5. The van der Waals surface area contributed by atoms with Crippen molar-refractivity contribution in [3.63, 3.8) is 0 Å². The van der Waals surface area contributed by atoms with Crippen molar-refractivity contribution in [2.75, 3.05) is 11.9 Å². The predicted molar refractivity (Wildman–Crippen MR) is 73.6 cm³/mol. The normalized spacial score (nSPS) is 22.2. The molecule has 2 unspecified atom stereocenters. The molecular formula is C13H17N3O4. The van der Waals surface area contributed by atoms with E-state index in [-0.39, 0.29) is 35.0 Å². The Bertz CT molecular complexity index is 532. The van der Waals surface area contributed by atoms with Crippen LogP contribution in [-0.4, -0.2) is 28.5 Å². The third-order valence-corrected chi connectivity index (χ3v) is 3.44. The molecule has 3 N–H and O–H groups in total. The number of nitro benzene ring substituents is 1. The average Bonchev–Trinajstić information content (AvgIpc) is 2.41. The van der Waals surface area contributed by atoms with Crippen molar-refractivity contribution >= 4 is 17.3 Å². The largest absolute Gasteiger partial charge is 0.506 e. The third kappa shape index (κ3) is 3.24. The number of amides is 1. The van der Waals surface area contributed by atoms with Crippen molar-refractivity contribution in [1.29, 1.82) is 0 Å². The molecule has 0 spiro atoms. The number of nitrogens with zero attached hydrogens (tertiary/aromatic N) is 1. The Morgan fingerprint density at radius 3 is 2.95 bits per heavy atom. The second-order valence-corrected chi connectivity index (χ2v) is 5.02. The number of anilines is 1. The van der Waals surface area contributed by atoms with E-state index in [9.17, 15) is 20.0 Å². The number of aromatic hydroxyl groups is 1. The zero-order chi connectivity index (χ0) is 14.7. The van der Waals surface area contributed by atoms with Crippen LogP contribution >= 0.6 is 0 Å². The molecule has 1 aliphatic rings. The summed E-state index contributed by atoms with van der Waals surface area (Å²) in [7, 11) is 0. The highest BCUT2D eigenvalue weighted by Crippen LogP contribution is 2.29. The van der Waals surface area contributed by atoms with Crippen LogP contribution in [0, 0.1) is 16.0 Å². The van der Waals surface area contributed by atoms with Crippen molar-refractivity contribution in [2.24, 2.45) is 5.92 Å². The summed E-state index contributed by atoms with van der Waals surface area (Å²) in [4.78, 5) is 22.3. The number of nitrogens with one attached hydrogen (secondary N) is 2. The third-order valence-electron chi connectivity index (χ3n) is 3.44. The molecule has 0 radical (unpaired) electrons. The first-order valence-corrected chi connectivity index (χ1v) is 6.49. The minimum Gasteiger partial charge on any atom is -0.506 e. The molecule has 1 aromatic rings. The Balaban J connectivity index is 2.10. The number of carbonyl (C=O) groups excluding carboxylic acids is 1. The van der Waals surface area contributed by atoms with Crippen LogP contribution in [0.3, 0.4) is 0 Å². The standard InChI is InChI=1S/C13H17N3O4/c1-8-6-9(4-5-14-8)13(18)15-11-7-10(16(19)20)2-3-12(11)17/h2-3,7-9,14,17H,4-6H2,1H3,(H,15,18). The van der Waals surface area contributed by atoms with Gasteiger partial charge < -0.3 is 15.7 Å². The molecule has 1 aromatic carbocycles. The van der Waals surface area contributed by atoms with E-state index in [0.29, 0.717) is 12.8 Å². The molecule has 7 heteroatoms. The van der Waals surface area contributed by atoms with E-state index in [4.69, 9.17) is 0 Å². The number of phenolic OH excluding ortho intramolecular Hbond substituents is 1. The summed E-state index contributed by atoms with van der Waals surface area (Å²) in [5.74, 6) is -0.537. The quantitative estimate of drug-likeness (QED) is 0.443. The fraction of sp³-hybridized carbons (Fsp3) is 0.462. The molecule has 1 aliphatic heterocycles. The van der Waals surface area contributed by atoms with Crippen LogP contribution in [0.5, 0.6) is 5.75 Å². The smallest absolute Gasteiger partial charge is 0.271 e. The summed E-state index contributed by atoms with van der Waals surface area (Å²) in [6, 6.07) is 3.83. The summed E-state index contributed by atoms with van der Waals surface area (Å²) in [5, 5.41) is 26.2. The molecule has 2 rings (SSSR count). The predicted octanol–water partition coefficient (Wildman–Crippen LogP) is 1.63. The van der Waals surface area contributed by atoms with Gasteiger partial charge >= 0.3 is 0 Å². The molecule has 1 heterocycles. The number of rotatable bonds is 3. The SMILES string of the molecule is CC1CC(C(=O)Nc2cc([N+](=O)[O-])ccc2O)CCN1. The minimum absolute atomic E-state index is 0.0791. The Morgan fingerprint density at radius 1 is 1.55 bits per heavy atom. The number of carbonyl (C=O) groups is 1. The molecule has 7 nitrogen and oxygen atoms in total. The molecule has 0 aliphatic carbocycles. The summed E-state index contributed by atoms with van der Waals surface area (Å²) in [6.45, 7) is 2.77. The van der Waals surface area contributed by atoms with Gasteiger partial charge in [-0.3, -0.25) is 14.9 Å². The molecule has 1 saturated heterocycles. The van der Waals surface area contributed by atoms with Gasteiger partial charge in [-0.25, -0.2) is 0 Å². The Morgan fingerprint density at radius 2 is 2.30 bits per heavy atom. The number of benzene rings is 1. The monoisotopic (exact) mass is 279 g/mol. The van der Waals surface area contributed by atoms with E-state index in [0.717, 1.165) is 12.6 Å². The van der Waals surface area contributed by atoms with Crippen molar-refractivity contribution in [3.8, 4) is 5.75 Å². The Labute approximate surface area is 116 Å². The van der Waals surface area contributed by atoms with Crippen LogP contribution in [0.1, 0.15) is 19.8 Å². The van der Waals surface area contributed by atoms with Crippen molar-refractivity contribution in [2.45, 2.75) is 25.8 Å². The van der Waals surface area contributed by atoms with Gasteiger partial charge in [-0.2, -0.15) is 0 Å². The maximum absolute atomic E-state index is 12.1. The van der Waals surface area contributed by atoms with Gasteiger partial charge in [0.1, 0.15) is 5.75 Å². The molecule has 2 atom stereocenters. The first-order chi connectivity index (χ1) is 9.47. The molecule has 0 aromatic heterocycles. The first kappa shape index (κ1) is 14.3. The van der Waals surface area contributed by atoms with Gasteiger partial charge in [0.2, 0.25) is 5.91 Å². The summed E-state index contributed by atoms with van der Waals surface area (Å²) < 4.78 is 0. The Hall–Kier alpha value is -2.15. The molecule has 20 heavy (non-hydrogen) atoms. The summed E-state index contributed by atoms with van der Waals surface area (Å²) in [6.07, 6.45) is 1.42. The average molecular weight is 279 g/mol. The van der Waals surface area contributed by atoms with Gasteiger partial charge in [0.15, 0.2) is 0 Å². The highest BCUT2D eigenvalue weighted by Gasteiger charge is 2.25. The van der Waals surface area contributed by atoms with Crippen molar-refractivity contribution in [3.05, 3.63) is 28.3 Å². The van der Waals surface area contributed by atoms with Gasteiger partial charge in [-0.1, -0.05) is 0 Å². The van der Waals surface area contributed by atoms with Gasteiger partial charge in [-0.05, 0) is 32.4 Å². The van der Waals surface area contributed by atoms with Gasteiger partial charge in [0, 0.05) is 24.1 Å². The van der Waals surface area contributed by atoms with E-state index in [1.807, 2.05) is 6.92 Å². The maximum atomic E-state index is 12.1. The fourth-order valence-corrected chi connectivity index (χ4v) is 2.34. The highest BCUT2D eigenvalue weighted by atomic mass is 16.6. The minimum atomic E-state index is -0.568. The lowest BCUT2D eigenvalue weighted by Gasteiger charge is -2.27. The maximum Gasteiger partial charge on any atom is 0.271 e. The summed E-state index contributed by atoms with van der Waals surface area (Å²) in [5.41, 5.74) is -0.0906. The van der Waals surface area contributed by atoms with E-state index >= 15 is 0 Å². The van der Waals surface area contributed by atoms with Crippen LogP contribution in [0.2, 0.25) is 0 Å². The topological polar surface area (TPSA) is 104 Å². The molecule has 0 saturated carbocycles. The van der Waals surface area contributed by atoms with E-state index in [1.54, 1.807) is 0 Å². The number of non-ortho nitro benzene ring substituents is 1. The number of piperidine rings is 1. The van der Waals surface area contributed by atoms with Crippen molar-refractivity contribution in [1.82, 2.24) is 5.32 Å². The van der Waals surface area contributed by atoms with Crippen LogP contribution in [0.4, 0.5) is 11.4 Å². The second-order valence-electron chi connectivity index (χ2n) is 5.02. The molecule has 1 amide bonds. The molecule has 0 bridgehead atoms. The van der Waals surface area contributed by atoms with Crippen LogP contribution in [0.25, 0.3) is 0 Å². The molecule has 108 valence electrons. The zero-order valence-corrected chi connectivity index (χ0v) is 11.1. The number of phenols is 1. The lowest BCUT2D eigenvalue weighted by molar-refractivity contribution is -0.384. The van der Waals surface area contributed by atoms with Crippen LogP contribution < -0.4 is 10.6 Å². The van der Waals surface area contributed by atoms with E-state index < -0.39 is 4.92 Å². The highest BCUT2D eigenvalue weighted by molar-refractivity contribution is 5.94. The number of hydrogen-bond donors (Lipinski definition) is 3. The zero-order valence-electron chi connectivity index (χ0n) is 11.1. The van der Waals surface area contributed by atoms with Crippen LogP contribution in [0.15, 0.2) is 18.2 Å². The fourth-order valence-electron chi connectivity index (χ4n) is 2.34. The van der Waals surface area contributed by atoms with Crippen molar-refractivity contribution < 1.29 is 14.8 Å². The van der Waals surface area contributed by atoms with E-state index in [1.165, 1.54) is 12.1 Å². The van der Waals surface area contributed by atoms with Gasteiger partial charge in [0.05, 0.1) is 10.6 Å². The first-order valence-electron chi connectivity index (χ1n) is 6.49. The lowest BCUT2D eigenvalue weighted by Crippen LogP contribution is -2.40. The van der Waals surface area contributed by atoms with Crippen LogP contribution in [-0.2, 0) is 4.79 Å².